The first-order valence-corrected chi connectivity index (χ1v) is 7.80. The van der Waals surface area contributed by atoms with Gasteiger partial charge in [0.1, 0.15) is 0 Å². The monoisotopic (exact) mass is 352 g/mol. The van der Waals surface area contributed by atoms with Crippen molar-refractivity contribution in [1.82, 2.24) is 5.43 Å². The third-order valence-electron chi connectivity index (χ3n) is 3.43. The number of hydrogen-bond donors (Lipinski definition) is 2. The zero-order chi connectivity index (χ0) is 14.5. The largest absolute Gasteiger partial charge is 0.271 e. The van der Waals surface area contributed by atoms with Gasteiger partial charge in [0.2, 0.25) is 0 Å². The van der Waals surface area contributed by atoms with Crippen LogP contribution in [0.5, 0.6) is 0 Å². The Balaban J connectivity index is 2.19. The maximum absolute atomic E-state index is 6.27. The highest BCUT2D eigenvalue weighted by atomic mass is 79.9. The average molecular weight is 354 g/mol. The molecule has 0 saturated carbocycles. The molecule has 0 heterocycles. The van der Waals surface area contributed by atoms with Crippen molar-refractivity contribution in [3.05, 3.63) is 68.7 Å². The van der Waals surface area contributed by atoms with Crippen molar-refractivity contribution in [2.75, 3.05) is 0 Å². The van der Waals surface area contributed by atoms with Crippen LogP contribution in [0.4, 0.5) is 0 Å². The van der Waals surface area contributed by atoms with Crippen LogP contribution in [0, 0.1) is 0 Å². The van der Waals surface area contributed by atoms with E-state index in [2.05, 4.69) is 52.5 Å². The normalized spacial score (nSPS) is 12.4. The zero-order valence-electron chi connectivity index (χ0n) is 11.4. The fraction of sp³-hybridized carbons (Fsp3) is 0.250. The van der Waals surface area contributed by atoms with Crippen molar-refractivity contribution in [2.24, 2.45) is 5.84 Å². The summed E-state index contributed by atoms with van der Waals surface area (Å²) in [6.45, 7) is 2.15. The molecule has 0 saturated heterocycles. The van der Waals surface area contributed by atoms with Gasteiger partial charge in [-0.05, 0) is 41.7 Å². The molecule has 106 valence electrons. The molecule has 2 aromatic rings. The van der Waals surface area contributed by atoms with Gasteiger partial charge in [0, 0.05) is 9.50 Å². The molecule has 0 aliphatic heterocycles. The summed E-state index contributed by atoms with van der Waals surface area (Å²) in [6.07, 6.45) is 1.80. The van der Waals surface area contributed by atoms with Gasteiger partial charge in [-0.15, -0.1) is 0 Å². The van der Waals surface area contributed by atoms with Gasteiger partial charge in [0.15, 0.2) is 0 Å². The van der Waals surface area contributed by atoms with Gasteiger partial charge in [-0.1, -0.05) is 64.8 Å². The van der Waals surface area contributed by atoms with Gasteiger partial charge in [-0.2, -0.15) is 0 Å². The third-order valence-corrected chi connectivity index (χ3v) is 4.28. The molecule has 0 spiro atoms. The molecule has 0 bridgehead atoms. The summed E-state index contributed by atoms with van der Waals surface area (Å²) in [5.41, 5.74) is 6.45. The number of halogens is 2. The Hall–Kier alpha value is -0.870. The second kappa shape index (κ2) is 7.23. The lowest BCUT2D eigenvalue weighted by Crippen LogP contribution is -2.29. The number of aryl methyl sites for hydroxylation is 1. The molecule has 0 aromatic heterocycles. The summed E-state index contributed by atoms with van der Waals surface area (Å²) in [5, 5.41) is 0.754. The highest BCUT2D eigenvalue weighted by Gasteiger charge is 2.12. The highest BCUT2D eigenvalue weighted by Crippen LogP contribution is 2.26. The zero-order valence-corrected chi connectivity index (χ0v) is 13.7. The van der Waals surface area contributed by atoms with E-state index < -0.39 is 0 Å². The van der Waals surface area contributed by atoms with E-state index in [-0.39, 0.29) is 6.04 Å². The molecule has 2 nitrogen and oxygen atoms in total. The molecular weight excluding hydrogens is 336 g/mol. The number of nitrogens with two attached hydrogens (primary N) is 1. The van der Waals surface area contributed by atoms with Crippen molar-refractivity contribution in [1.29, 1.82) is 0 Å². The van der Waals surface area contributed by atoms with E-state index in [0.29, 0.717) is 0 Å². The molecule has 0 aliphatic rings. The van der Waals surface area contributed by atoms with E-state index in [1.54, 1.807) is 0 Å². The van der Waals surface area contributed by atoms with Gasteiger partial charge in [-0.25, -0.2) is 0 Å². The molecule has 2 aromatic carbocycles. The maximum Gasteiger partial charge on any atom is 0.0500 e. The van der Waals surface area contributed by atoms with Gasteiger partial charge < -0.3 is 0 Å². The minimum atomic E-state index is 0.0552. The number of nitrogens with one attached hydrogen (secondary N) is 1. The SMILES string of the molecule is CCc1ccc(C(Cc2ccc(Br)cc2Cl)NN)cc1. The lowest BCUT2D eigenvalue weighted by atomic mass is 9.98. The van der Waals surface area contributed by atoms with E-state index in [1.807, 2.05) is 18.2 Å². The van der Waals surface area contributed by atoms with Gasteiger partial charge in [-0.3, -0.25) is 11.3 Å². The highest BCUT2D eigenvalue weighted by molar-refractivity contribution is 9.10. The number of hydrazine groups is 1. The Morgan fingerprint density at radius 3 is 2.45 bits per heavy atom. The van der Waals surface area contributed by atoms with Crippen LogP contribution in [0.2, 0.25) is 5.02 Å². The molecule has 3 N–H and O–H groups in total. The molecule has 0 radical (unpaired) electrons. The van der Waals surface area contributed by atoms with E-state index in [4.69, 9.17) is 17.4 Å². The van der Waals surface area contributed by atoms with Crippen LogP contribution in [0.15, 0.2) is 46.9 Å². The second-order valence-corrected chi connectivity index (χ2v) is 6.08. The first-order valence-electron chi connectivity index (χ1n) is 6.63. The summed E-state index contributed by atoms with van der Waals surface area (Å²) in [6, 6.07) is 14.5. The van der Waals surface area contributed by atoms with Crippen molar-refractivity contribution in [3.8, 4) is 0 Å². The van der Waals surface area contributed by atoms with E-state index in [9.17, 15) is 0 Å². The van der Waals surface area contributed by atoms with E-state index >= 15 is 0 Å². The summed E-state index contributed by atoms with van der Waals surface area (Å²) < 4.78 is 0.982. The average Bonchev–Trinajstić information content (AvgIpc) is 2.47. The molecule has 1 unspecified atom stereocenters. The third kappa shape index (κ3) is 3.83. The number of rotatable bonds is 5. The van der Waals surface area contributed by atoms with Crippen LogP contribution in [-0.4, -0.2) is 0 Å². The van der Waals surface area contributed by atoms with Crippen LogP contribution < -0.4 is 11.3 Å². The topological polar surface area (TPSA) is 38.0 Å². The molecule has 0 amide bonds. The predicted octanol–water partition coefficient (Wildman–Crippen LogP) is 4.41. The fourth-order valence-electron chi connectivity index (χ4n) is 2.17. The van der Waals surface area contributed by atoms with Crippen LogP contribution in [-0.2, 0) is 12.8 Å². The van der Waals surface area contributed by atoms with E-state index in [0.717, 1.165) is 27.9 Å². The van der Waals surface area contributed by atoms with E-state index in [1.165, 1.54) is 11.1 Å². The maximum atomic E-state index is 6.27. The Bertz CT molecular complexity index is 569. The fourth-order valence-corrected chi connectivity index (χ4v) is 2.92. The minimum absolute atomic E-state index is 0.0552. The van der Waals surface area contributed by atoms with Crippen LogP contribution in [0.3, 0.4) is 0 Å². The standard InChI is InChI=1S/C16H18BrClN2/c1-2-11-3-5-12(6-4-11)16(20-19)9-13-7-8-14(17)10-15(13)18/h3-8,10,16,20H,2,9,19H2,1H3. The summed E-state index contributed by atoms with van der Waals surface area (Å²) in [5.74, 6) is 5.70. The van der Waals surface area contributed by atoms with Crippen molar-refractivity contribution in [2.45, 2.75) is 25.8 Å². The first kappa shape index (κ1) is 15.5. The lowest BCUT2D eigenvalue weighted by molar-refractivity contribution is 0.552. The quantitative estimate of drug-likeness (QED) is 0.617. The second-order valence-electron chi connectivity index (χ2n) is 4.75. The van der Waals surface area contributed by atoms with Crippen molar-refractivity contribution >= 4 is 27.5 Å². The lowest BCUT2D eigenvalue weighted by Gasteiger charge is -2.17. The smallest absolute Gasteiger partial charge is 0.0500 e. The Labute approximate surface area is 133 Å². The van der Waals surface area contributed by atoms with Gasteiger partial charge >= 0.3 is 0 Å². The molecular formula is C16H18BrClN2. The van der Waals surface area contributed by atoms with Crippen LogP contribution in [0.25, 0.3) is 0 Å². The minimum Gasteiger partial charge on any atom is -0.271 e. The summed E-state index contributed by atoms with van der Waals surface area (Å²) in [4.78, 5) is 0. The molecule has 4 heteroatoms. The Kier molecular flexibility index (Phi) is 5.61. The van der Waals surface area contributed by atoms with Crippen molar-refractivity contribution in [3.63, 3.8) is 0 Å². The summed E-state index contributed by atoms with van der Waals surface area (Å²) in [7, 11) is 0. The Morgan fingerprint density at radius 2 is 1.90 bits per heavy atom. The molecule has 20 heavy (non-hydrogen) atoms. The number of benzene rings is 2. The van der Waals surface area contributed by atoms with Gasteiger partial charge in [0.05, 0.1) is 6.04 Å². The molecule has 0 aliphatic carbocycles. The van der Waals surface area contributed by atoms with Crippen LogP contribution >= 0.6 is 27.5 Å². The van der Waals surface area contributed by atoms with Gasteiger partial charge in [0.25, 0.3) is 0 Å². The molecule has 1 atom stereocenters. The molecule has 0 fully saturated rings. The van der Waals surface area contributed by atoms with Crippen LogP contribution in [0.1, 0.15) is 29.7 Å². The van der Waals surface area contributed by atoms with Crippen molar-refractivity contribution < 1.29 is 0 Å². The number of hydrogen-bond acceptors (Lipinski definition) is 2. The predicted molar refractivity (Wildman–Crippen MR) is 88.7 cm³/mol. The molecule has 2 rings (SSSR count). The summed E-state index contributed by atoms with van der Waals surface area (Å²) >= 11 is 9.68. The first-order chi connectivity index (χ1) is 9.63. The Morgan fingerprint density at radius 1 is 1.20 bits per heavy atom.